The fourth-order valence-corrected chi connectivity index (χ4v) is 3.61. The van der Waals surface area contributed by atoms with Crippen LogP contribution in [0.3, 0.4) is 0 Å². The highest BCUT2D eigenvalue weighted by Gasteiger charge is 2.31. The molecule has 2 heterocycles. The van der Waals surface area contributed by atoms with E-state index < -0.39 is 29.2 Å². The van der Waals surface area contributed by atoms with Gasteiger partial charge in [0, 0.05) is 37.6 Å². The number of halogens is 4. The molecule has 0 saturated carbocycles. The lowest BCUT2D eigenvalue weighted by atomic mass is 10.0. The van der Waals surface area contributed by atoms with E-state index in [-0.39, 0.29) is 29.4 Å². The summed E-state index contributed by atoms with van der Waals surface area (Å²) < 4.78 is 55.5. The Morgan fingerprint density at radius 1 is 1.06 bits per heavy atom. The maximum atomic E-state index is 14.6. The number of hydrogen-bond acceptors (Lipinski definition) is 4. The first-order valence-electron chi connectivity index (χ1n) is 10.5. The summed E-state index contributed by atoms with van der Waals surface area (Å²) in [6.45, 7) is 4.52. The number of carbonyl (C=O) groups excluding carboxylic acids is 1. The zero-order valence-electron chi connectivity index (χ0n) is 18.5. The number of amides is 1. The van der Waals surface area contributed by atoms with Gasteiger partial charge in [0.2, 0.25) is 0 Å². The molecular formula is C24H24F4N4O. The number of benzene rings is 1. The smallest absolute Gasteiger partial charge is 0.289 e. The van der Waals surface area contributed by atoms with Crippen LogP contribution in [-0.2, 0) is 12.3 Å². The normalized spacial score (nSPS) is 12.5. The van der Waals surface area contributed by atoms with Gasteiger partial charge in [-0.2, -0.15) is 8.78 Å². The molecule has 3 aromatic rings. The Labute approximate surface area is 189 Å². The van der Waals surface area contributed by atoms with E-state index in [2.05, 4.69) is 15.0 Å². The summed E-state index contributed by atoms with van der Waals surface area (Å²) in [5.74, 6) is -5.37. The fourth-order valence-electron chi connectivity index (χ4n) is 3.61. The number of hydrogen-bond donors (Lipinski definition) is 0. The van der Waals surface area contributed by atoms with Crippen molar-refractivity contribution in [3.05, 3.63) is 77.4 Å². The van der Waals surface area contributed by atoms with E-state index >= 15 is 0 Å². The quantitative estimate of drug-likeness (QED) is 0.422. The maximum absolute atomic E-state index is 14.6. The van der Waals surface area contributed by atoms with Gasteiger partial charge in [-0.05, 0) is 57.0 Å². The highest BCUT2D eigenvalue weighted by atomic mass is 19.3. The number of aromatic nitrogens is 3. The monoisotopic (exact) mass is 460 g/mol. The molecule has 0 unspecified atom stereocenters. The van der Waals surface area contributed by atoms with Crippen LogP contribution in [0, 0.1) is 11.6 Å². The van der Waals surface area contributed by atoms with Crippen molar-refractivity contribution in [2.24, 2.45) is 0 Å². The van der Waals surface area contributed by atoms with E-state index in [4.69, 9.17) is 0 Å². The fraction of sp³-hybridized carbons (Fsp3) is 0.333. The third kappa shape index (κ3) is 5.53. The molecule has 0 saturated heterocycles. The molecule has 0 bridgehead atoms. The van der Waals surface area contributed by atoms with Crippen molar-refractivity contribution in [1.29, 1.82) is 0 Å². The molecule has 33 heavy (non-hydrogen) atoms. The van der Waals surface area contributed by atoms with Crippen LogP contribution in [-0.4, -0.2) is 38.3 Å². The van der Waals surface area contributed by atoms with Gasteiger partial charge < -0.3 is 4.90 Å². The first-order chi connectivity index (χ1) is 15.6. The minimum Gasteiger partial charge on any atom is -0.336 e. The first-order valence-corrected chi connectivity index (χ1v) is 10.5. The van der Waals surface area contributed by atoms with Crippen molar-refractivity contribution in [2.75, 3.05) is 6.54 Å². The molecule has 5 nitrogen and oxygen atoms in total. The van der Waals surface area contributed by atoms with E-state index in [9.17, 15) is 22.4 Å². The van der Waals surface area contributed by atoms with E-state index in [0.29, 0.717) is 25.6 Å². The summed E-state index contributed by atoms with van der Waals surface area (Å²) in [5, 5.41) is 0. The van der Waals surface area contributed by atoms with E-state index in [1.165, 1.54) is 36.7 Å². The first kappa shape index (κ1) is 24.3. The lowest BCUT2D eigenvalue weighted by Crippen LogP contribution is -2.39. The van der Waals surface area contributed by atoms with Crippen molar-refractivity contribution in [1.82, 2.24) is 19.9 Å². The molecule has 174 valence electrons. The molecule has 0 radical (unpaired) electrons. The maximum Gasteiger partial charge on any atom is 0.289 e. The van der Waals surface area contributed by atoms with Gasteiger partial charge in [-0.15, -0.1) is 0 Å². The van der Waals surface area contributed by atoms with E-state index in [1.54, 1.807) is 24.8 Å². The van der Waals surface area contributed by atoms with Crippen molar-refractivity contribution in [3.8, 4) is 11.4 Å². The van der Waals surface area contributed by atoms with Gasteiger partial charge in [-0.25, -0.2) is 23.7 Å². The largest absolute Gasteiger partial charge is 0.336 e. The minimum absolute atomic E-state index is 0.0174. The summed E-state index contributed by atoms with van der Waals surface area (Å²) >= 11 is 0. The molecular weight excluding hydrogens is 436 g/mol. The van der Waals surface area contributed by atoms with Gasteiger partial charge in [0.15, 0.2) is 11.6 Å². The number of aryl methyl sites for hydroxylation is 1. The third-order valence-corrected chi connectivity index (χ3v) is 5.30. The highest BCUT2D eigenvalue weighted by molar-refractivity contribution is 6.00. The van der Waals surface area contributed by atoms with Crippen molar-refractivity contribution < 1.29 is 22.4 Å². The molecule has 0 fully saturated rings. The SMILES string of the molecule is CCN(C(=O)c1cccc(F)c1-c1ncccn1)[C@@H](C)CCc1ccc(F)c(C(C)(F)F)n1. The molecule has 0 N–H and O–H groups in total. The second-order valence-electron chi connectivity index (χ2n) is 7.74. The van der Waals surface area contributed by atoms with Crippen LogP contribution < -0.4 is 0 Å². The molecule has 0 aliphatic carbocycles. The number of carbonyl (C=O) groups is 1. The second-order valence-corrected chi connectivity index (χ2v) is 7.74. The summed E-state index contributed by atoms with van der Waals surface area (Å²) in [7, 11) is 0. The number of rotatable bonds is 8. The van der Waals surface area contributed by atoms with Crippen LogP contribution in [0.5, 0.6) is 0 Å². The second kappa shape index (κ2) is 10.1. The molecule has 0 spiro atoms. The van der Waals surface area contributed by atoms with E-state index in [1.807, 2.05) is 0 Å². The van der Waals surface area contributed by atoms with Gasteiger partial charge in [0.05, 0.1) is 11.1 Å². The average molecular weight is 460 g/mol. The Morgan fingerprint density at radius 2 is 1.76 bits per heavy atom. The molecule has 1 aromatic carbocycles. The predicted octanol–water partition coefficient (Wildman–Crippen LogP) is 5.41. The van der Waals surface area contributed by atoms with Crippen LogP contribution in [0.4, 0.5) is 17.6 Å². The van der Waals surface area contributed by atoms with Gasteiger partial charge in [-0.3, -0.25) is 4.79 Å². The Kier molecular flexibility index (Phi) is 7.40. The zero-order chi connectivity index (χ0) is 24.2. The van der Waals surface area contributed by atoms with Crippen LogP contribution >= 0.6 is 0 Å². The Balaban J connectivity index is 1.82. The predicted molar refractivity (Wildman–Crippen MR) is 116 cm³/mol. The van der Waals surface area contributed by atoms with Gasteiger partial charge in [0.1, 0.15) is 11.5 Å². The van der Waals surface area contributed by atoms with Gasteiger partial charge in [0.25, 0.3) is 11.8 Å². The van der Waals surface area contributed by atoms with Gasteiger partial charge in [-0.1, -0.05) is 6.07 Å². The molecule has 0 aliphatic rings. The van der Waals surface area contributed by atoms with Crippen LogP contribution in [0.15, 0.2) is 48.8 Å². The number of alkyl halides is 2. The minimum atomic E-state index is -3.40. The van der Waals surface area contributed by atoms with Crippen LogP contribution in [0.25, 0.3) is 11.4 Å². The summed E-state index contributed by atoms with van der Waals surface area (Å²) in [5.41, 5.74) is -0.456. The van der Waals surface area contributed by atoms with Crippen molar-refractivity contribution in [2.45, 2.75) is 45.6 Å². The zero-order valence-corrected chi connectivity index (χ0v) is 18.5. The number of pyridine rings is 1. The lowest BCUT2D eigenvalue weighted by molar-refractivity contribution is 0.00853. The Hall–Kier alpha value is -3.36. The van der Waals surface area contributed by atoms with Crippen LogP contribution in [0.1, 0.15) is 48.9 Å². The van der Waals surface area contributed by atoms with Crippen molar-refractivity contribution >= 4 is 5.91 Å². The average Bonchev–Trinajstić information content (AvgIpc) is 2.78. The molecule has 0 aliphatic heterocycles. The summed E-state index contributed by atoms with van der Waals surface area (Å²) in [6.07, 6.45) is 3.57. The van der Waals surface area contributed by atoms with Crippen LogP contribution in [0.2, 0.25) is 0 Å². The van der Waals surface area contributed by atoms with Crippen molar-refractivity contribution in [3.63, 3.8) is 0 Å². The molecule has 9 heteroatoms. The third-order valence-electron chi connectivity index (χ3n) is 5.30. The van der Waals surface area contributed by atoms with E-state index in [0.717, 1.165) is 6.07 Å². The Morgan fingerprint density at radius 3 is 2.39 bits per heavy atom. The molecule has 2 aromatic heterocycles. The summed E-state index contributed by atoms with van der Waals surface area (Å²) in [4.78, 5) is 26.8. The highest BCUT2D eigenvalue weighted by Crippen LogP contribution is 2.28. The summed E-state index contributed by atoms with van der Waals surface area (Å²) in [6, 6.07) is 7.80. The number of nitrogens with zero attached hydrogens (tertiary/aromatic N) is 4. The molecule has 1 amide bonds. The topological polar surface area (TPSA) is 59.0 Å². The molecule has 3 rings (SSSR count). The Bertz CT molecular complexity index is 1120. The van der Waals surface area contributed by atoms with Gasteiger partial charge >= 0.3 is 0 Å². The lowest BCUT2D eigenvalue weighted by Gasteiger charge is -2.29. The standard InChI is InChI=1S/C24H24F4N4O/c1-4-32(15(2)9-10-16-11-12-19(26)21(31-16)24(3,27)28)23(33)17-7-5-8-18(25)20(17)22-29-13-6-14-30-22/h5-8,11-15H,4,9-10H2,1-3H3/t15-/m0/s1. The molecule has 1 atom stereocenters.